The van der Waals surface area contributed by atoms with E-state index in [1.165, 1.54) is 10.8 Å². The van der Waals surface area contributed by atoms with Crippen molar-refractivity contribution in [2.24, 2.45) is 7.05 Å². The van der Waals surface area contributed by atoms with Crippen LogP contribution in [0.5, 0.6) is 0 Å². The van der Waals surface area contributed by atoms with Crippen LogP contribution in [-0.2, 0) is 17.1 Å². The fourth-order valence-electron chi connectivity index (χ4n) is 3.74. The van der Waals surface area contributed by atoms with E-state index in [0.29, 0.717) is 17.8 Å². The highest BCUT2D eigenvalue weighted by Crippen LogP contribution is 2.27. The van der Waals surface area contributed by atoms with Crippen molar-refractivity contribution in [1.82, 2.24) is 18.3 Å². The van der Waals surface area contributed by atoms with Crippen molar-refractivity contribution in [3.05, 3.63) is 52.7 Å². The molecule has 3 aromatic rings. The summed E-state index contributed by atoms with van der Waals surface area (Å²) in [6.45, 7) is 4.25. The lowest BCUT2D eigenvalue weighted by Gasteiger charge is -2.20. The van der Waals surface area contributed by atoms with E-state index < -0.39 is 10.0 Å². The smallest absolute Gasteiger partial charge is 0.260 e. The average Bonchev–Trinajstić information content (AvgIpc) is 3.25. The Labute approximate surface area is 157 Å². The Kier molecular flexibility index (Phi) is 4.20. The number of hydrogen-bond donors (Lipinski definition) is 0. The molecule has 0 bridgehead atoms. The summed E-state index contributed by atoms with van der Waals surface area (Å²) in [5.41, 5.74) is 2.84. The second-order valence-electron chi connectivity index (χ2n) is 7.18. The highest BCUT2D eigenvalue weighted by molar-refractivity contribution is 7.89. The Balaban J connectivity index is 1.86. The van der Waals surface area contributed by atoms with Crippen molar-refractivity contribution in [3.63, 3.8) is 0 Å². The van der Waals surface area contributed by atoms with Crippen LogP contribution in [0.15, 0.2) is 46.6 Å². The first-order valence-electron chi connectivity index (χ1n) is 8.95. The van der Waals surface area contributed by atoms with E-state index in [0.717, 1.165) is 24.0 Å². The number of nitrogens with zero attached hydrogens (tertiary/aromatic N) is 4. The number of hydrogen-bond acceptors (Lipinski definition) is 4. The molecule has 0 N–H and O–H groups in total. The summed E-state index contributed by atoms with van der Waals surface area (Å²) in [5.74, 6) is 0. The molecule has 0 saturated carbocycles. The zero-order valence-electron chi connectivity index (χ0n) is 15.6. The van der Waals surface area contributed by atoms with Gasteiger partial charge in [-0.3, -0.25) is 9.20 Å². The van der Waals surface area contributed by atoms with Gasteiger partial charge in [-0.25, -0.2) is 13.4 Å². The van der Waals surface area contributed by atoms with Crippen LogP contribution in [0.25, 0.3) is 16.8 Å². The van der Waals surface area contributed by atoms with Crippen LogP contribution in [0.4, 0.5) is 0 Å². The maximum Gasteiger partial charge on any atom is 0.260 e. The first-order valence-corrected chi connectivity index (χ1v) is 10.4. The SMILES string of the molecule is Cc1cc(-c2ccc3ncc(S(=O)(=O)N4CCCC4C)n3c2)cn(C)c1=O. The van der Waals surface area contributed by atoms with E-state index in [2.05, 4.69) is 4.98 Å². The molecule has 142 valence electrons. The zero-order valence-corrected chi connectivity index (χ0v) is 16.4. The van der Waals surface area contributed by atoms with Gasteiger partial charge in [0.2, 0.25) is 0 Å². The van der Waals surface area contributed by atoms with Gasteiger partial charge in [0.25, 0.3) is 15.6 Å². The van der Waals surface area contributed by atoms with Gasteiger partial charge in [0.05, 0.1) is 6.20 Å². The lowest BCUT2D eigenvalue weighted by molar-refractivity contribution is 0.406. The summed E-state index contributed by atoms with van der Waals surface area (Å²) >= 11 is 0. The van der Waals surface area contributed by atoms with Gasteiger partial charge in [-0.15, -0.1) is 0 Å². The second kappa shape index (κ2) is 6.31. The van der Waals surface area contributed by atoms with Gasteiger partial charge in [-0.05, 0) is 56.0 Å². The predicted octanol–water partition coefficient (Wildman–Crippen LogP) is 2.18. The monoisotopic (exact) mass is 386 g/mol. The zero-order chi connectivity index (χ0) is 19.3. The minimum atomic E-state index is -3.61. The first-order chi connectivity index (χ1) is 12.8. The lowest BCUT2D eigenvalue weighted by Crippen LogP contribution is -2.34. The number of fused-ring (bicyclic) bond motifs is 1. The Morgan fingerprint density at radius 2 is 1.96 bits per heavy atom. The molecule has 1 saturated heterocycles. The van der Waals surface area contributed by atoms with Crippen LogP contribution in [0.2, 0.25) is 0 Å². The molecule has 0 aromatic carbocycles. The van der Waals surface area contributed by atoms with Crippen LogP contribution >= 0.6 is 0 Å². The van der Waals surface area contributed by atoms with Crippen LogP contribution in [-0.4, -0.2) is 39.3 Å². The average molecular weight is 386 g/mol. The molecule has 4 rings (SSSR count). The highest BCUT2D eigenvalue weighted by Gasteiger charge is 2.34. The second-order valence-corrected chi connectivity index (χ2v) is 9.01. The third-order valence-corrected chi connectivity index (χ3v) is 7.22. The Hall–Kier alpha value is -2.45. The molecule has 1 aliphatic heterocycles. The van der Waals surface area contributed by atoms with Gasteiger partial charge in [0.15, 0.2) is 5.03 Å². The van der Waals surface area contributed by atoms with Gasteiger partial charge >= 0.3 is 0 Å². The van der Waals surface area contributed by atoms with Crippen molar-refractivity contribution in [3.8, 4) is 11.1 Å². The van der Waals surface area contributed by atoms with Gasteiger partial charge in [-0.2, -0.15) is 4.31 Å². The Morgan fingerprint density at radius 3 is 2.63 bits per heavy atom. The lowest BCUT2D eigenvalue weighted by atomic mass is 10.1. The molecule has 1 atom stereocenters. The number of pyridine rings is 2. The fraction of sp³-hybridized carbons (Fsp3) is 0.368. The molecule has 27 heavy (non-hydrogen) atoms. The molecule has 7 nitrogen and oxygen atoms in total. The number of sulfonamides is 1. The van der Waals surface area contributed by atoms with E-state index in [9.17, 15) is 13.2 Å². The highest BCUT2D eigenvalue weighted by atomic mass is 32.2. The van der Waals surface area contributed by atoms with Crippen molar-refractivity contribution in [1.29, 1.82) is 0 Å². The van der Waals surface area contributed by atoms with Gasteiger partial charge in [-0.1, -0.05) is 0 Å². The summed E-state index contributed by atoms with van der Waals surface area (Å²) < 4.78 is 31.0. The van der Waals surface area contributed by atoms with Crippen LogP contribution in [0.3, 0.4) is 0 Å². The van der Waals surface area contributed by atoms with Crippen molar-refractivity contribution < 1.29 is 8.42 Å². The first kappa shape index (κ1) is 17.9. The number of aromatic nitrogens is 3. The van der Waals surface area contributed by atoms with E-state index in [1.807, 2.05) is 19.1 Å². The van der Waals surface area contributed by atoms with E-state index in [-0.39, 0.29) is 16.6 Å². The van der Waals surface area contributed by atoms with E-state index in [1.54, 1.807) is 41.1 Å². The Bertz CT molecular complexity index is 1170. The summed E-state index contributed by atoms with van der Waals surface area (Å²) in [6.07, 6.45) is 6.70. The topological polar surface area (TPSA) is 76.7 Å². The van der Waals surface area contributed by atoms with Gasteiger partial charge in [0.1, 0.15) is 5.65 Å². The van der Waals surface area contributed by atoms with E-state index >= 15 is 0 Å². The normalized spacial score (nSPS) is 18.4. The van der Waals surface area contributed by atoms with Crippen LogP contribution < -0.4 is 5.56 Å². The van der Waals surface area contributed by atoms with Gasteiger partial charge < -0.3 is 4.57 Å². The minimum absolute atomic E-state index is 0.00460. The quantitative estimate of drug-likeness (QED) is 0.691. The van der Waals surface area contributed by atoms with Crippen molar-refractivity contribution in [2.45, 2.75) is 37.8 Å². The molecular weight excluding hydrogens is 364 g/mol. The molecule has 1 aliphatic rings. The summed E-state index contributed by atoms with van der Waals surface area (Å²) in [5, 5.41) is 0.176. The number of aryl methyl sites for hydroxylation is 2. The largest absolute Gasteiger partial charge is 0.318 e. The Morgan fingerprint density at radius 1 is 1.19 bits per heavy atom. The molecule has 8 heteroatoms. The third-order valence-electron chi connectivity index (χ3n) is 5.23. The standard InChI is InChI=1S/C19H22N4O3S/c1-13-9-16(11-21(3)19(13)24)15-6-7-17-20-10-18(22(17)12-15)27(25,26)23-8-4-5-14(23)2/h6-7,9-12,14H,4-5,8H2,1-3H3. The summed E-state index contributed by atoms with van der Waals surface area (Å²) in [4.78, 5) is 16.2. The van der Waals surface area contributed by atoms with Crippen LogP contribution in [0, 0.1) is 6.92 Å². The summed E-state index contributed by atoms with van der Waals surface area (Å²) in [7, 11) is -1.91. The minimum Gasteiger partial charge on any atom is -0.318 e. The van der Waals surface area contributed by atoms with Gasteiger partial charge in [0, 0.05) is 37.6 Å². The molecule has 1 fully saturated rings. The fourth-order valence-corrected chi connectivity index (χ4v) is 5.51. The third kappa shape index (κ3) is 2.89. The maximum absolute atomic E-state index is 13.1. The number of imidazole rings is 1. The maximum atomic E-state index is 13.1. The van der Waals surface area contributed by atoms with Crippen molar-refractivity contribution in [2.75, 3.05) is 6.54 Å². The molecular formula is C19H22N4O3S. The molecule has 0 spiro atoms. The molecule has 1 unspecified atom stereocenters. The molecule has 3 aromatic heterocycles. The molecule has 0 radical (unpaired) electrons. The predicted molar refractivity (Wildman–Crippen MR) is 103 cm³/mol. The number of rotatable bonds is 3. The van der Waals surface area contributed by atoms with Crippen molar-refractivity contribution >= 4 is 15.7 Å². The van der Waals surface area contributed by atoms with Crippen LogP contribution in [0.1, 0.15) is 25.3 Å². The molecule has 0 amide bonds. The molecule has 0 aliphatic carbocycles. The summed E-state index contributed by atoms with van der Waals surface area (Å²) in [6, 6.07) is 5.49. The van der Waals surface area contributed by atoms with E-state index in [4.69, 9.17) is 0 Å². The molecule has 4 heterocycles.